The first-order valence-electron chi connectivity index (χ1n) is 7.87. The summed E-state index contributed by atoms with van der Waals surface area (Å²) in [6.45, 7) is 0.301. The molecule has 0 saturated heterocycles. The lowest BCUT2D eigenvalue weighted by atomic mass is 10.1. The minimum Gasteiger partial charge on any atom is -0.482 e. The van der Waals surface area contributed by atoms with E-state index in [9.17, 15) is 9.59 Å². The number of para-hydroxylation sites is 2. The van der Waals surface area contributed by atoms with Crippen molar-refractivity contribution in [1.29, 1.82) is 0 Å². The van der Waals surface area contributed by atoms with Gasteiger partial charge in [-0.2, -0.15) is 0 Å². The zero-order valence-corrected chi connectivity index (χ0v) is 13.6. The van der Waals surface area contributed by atoms with E-state index in [1.165, 1.54) is 0 Å². The highest BCUT2D eigenvalue weighted by Crippen LogP contribution is 2.28. The molecule has 0 atom stereocenters. The predicted octanol–water partition coefficient (Wildman–Crippen LogP) is 1.83. The number of nitrogens with zero attached hydrogens (tertiary/aromatic N) is 2. The van der Waals surface area contributed by atoms with E-state index >= 15 is 0 Å². The first-order chi connectivity index (χ1) is 12.1. The van der Waals surface area contributed by atoms with Crippen molar-refractivity contribution in [2.24, 2.45) is 7.05 Å². The number of benzene rings is 2. The van der Waals surface area contributed by atoms with Gasteiger partial charge in [-0.05, 0) is 30.3 Å². The summed E-state index contributed by atoms with van der Waals surface area (Å²) in [7, 11) is 1.92. The highest BCUT2D eigenvalue weighted by molar-refractivity contribution is 5.99. The number of rotatable bonds is 3. The van der Waals surface area contributed by atoms with Crippen LogP contribution in [0.2, 0.25) is 0 Å². The maximum absolute atomic E-state index is 12.4. The summed E-state index contributed by atoms with van der Waals surface area (Å²) in [5.74, 6) is 0.857. The Hall–Kier alpha value is -3.35. The Morgan fingerprint density at radius 3 is 3.00 bits per heavy atom. The molecule has 25 heavy (non-hydrogen) atoms. The fourth-order valence-corrected chi connectivity index (χ4v) is 2.84. The molecule has 2 N–H and O–H groups in total. The molecular weight excluding hydrogens is 320 g/mol. The smallest absolute Gasteiger partial charge is 0.262 e. The third kappa shape index (κ3) is 2.80. The Labute approximate surface area is 143 Å². The molecule has 1 aliphatic rings. The van der Waals surface area contributed by atoms with Crippen molar-refractivity contribution in [2.45, 2.75) is 6.54 Å². The van der Waals surface area contributed by atoms with Crippen LogP contribution in [0.15, 0.2) is 42.5 Å². The van der Waals surface area contributed by atoms with Crippen LogP contribution >= 0.6 is 0 Å². The van der Waals surface area contributed by atoms with E-state index in [2.05, 4.69) is 15.6 Å². The molecule has 1 aromatic heterocycles. The number of aromatic nitrogens is 2. The summed E-state index contributed by atoms with van der Waals surface area (Å²) in [6.07, 6.45) is 0. The van der Waals surface area contributed by atoms with Crippen LogP contribution in [0.3, 0.4) is 0 Å². The van der Waals surface area contributed by atoms with Gasteiger partial charge in [0.05, 0.1) is 23.3 Å². The van der Waals surface area contributed by atoms with Gasteiger partial charge in [-0.25, -0.2) is 4.98 Å². The Kier molecular flexibility index (Phi) is 3.61. The van der Waals surface area contributed by atoms with Crippen molar-refractivity contribution in [2.75, 3.05) is 11.9 Å². The third-order valence-corrected chi connectivity index (χ3v) is 4.16. The molecule has 2 heterocycles. The standard InChI is InChI=1S/C18H16N4O3/c1-22-14-5-3-2-4-12(14)20-16(22)9-19-18(24)11-6-7-15-13(8-11)21-17(23)10-25-15/h2-8H,9-10H2,1H3,(H,19,24)(H,21,23). The SMILES string of the molecule is Cn1c(CNC(=O)c2ccc3c(c2)NC(=O)CO3)nc2ccccc21. The summed E-state index contributed by atoms with van der Waals surface area (Å²) in [5, 5.41) is 5.55. The number of nitrogens with one attached hydrogen (secondary N) is 2. The fourth-order valence-electron chi connectivity index (χ4n) is 2.84. The topological polar surface area (TPSA) is 85.2 Å². The van der Waals surface area contributed by atoms with Crippen molar-refractivity contribution in [3.8, 4) is 5.75 Å². The van der Waals surface area contributed by atoms with Crippen LogP contribution in [0.5, 0.6) is 5.75 Å². The Balaban J connectivity index is 1.51. The number of ether oxygens (including phenoxy) is 1. The lowest BCUT2D eigenvalue weighted by molar-refractivity contribution is -0.118. The van der Waals surface area contributed by atoms with Gasteiger partial charge in [0.25, 0.3) is 11.8 Å². The van der Waals surface area contributed by atoms with Gasteiger partial charge in [-0.15, -0.1) is 0 Å². The molecule has 0 spiro atoms. The van der Waals surface area contributed by atoms with Crippen molar-refractivity contribution in [3.63, 3.8) is 0 Å². The lowest BCUT2D eigenvalue weighted by Crippen LogP contribution is -2.27. The monoisotopic (exact) mass is 336 g/mol. The molecule has 2 amide bonds. The van der Waals surface area contributed by atoms with Crippen LogP contribution in [0.25, 0.3) is 11.0 Å². The second-order valence-electron chi connectivity index (χ2n) is 5.81. The lowest BCUT2D eigenvalue weighted by Gasteiger charge is -2.18. The number of hydrogen-bond donors (Lipinski definition) is 2. The van der Waals surface area contributed by atoms with E-state index in [1.807, 2.05) is 35.9 Å². The van der Waals surface area contributed by atoms with E-state index in [4.69, 9.17) is 4.74 Å². The second-order valence-corrected chi connectivity index (χ2v) is 5.81. The van der Waals surface area contributed by atoms with Gasteiger partial charge in [-0.1, -0.05) is 12.1 Å². The van der Waals surface area contributed by atoms with Gasteiger partial charge in [0.2, 0.25) is 0 Å². The number of hydrogen-bond acceptors (Lipinski definition) is 4. The quantitative estimate of drug-likeness (QED) is 0.764. The highest BCUT2D eigenvalue weighted by Gasteiger charge is 2.18. The average molecular weight is 336 g/mol. The van der Waals surface area contributed by atoms with Crippen LogP contribution in [-0.4, -0.2) is 28.0 Å². The molecule has 0 saturated carbocycles. The maximum atomic E-state index is 12.4. The predicted molar refractivity (Wildman–Crippen MR) is 92.5 cm³/mol. The number of anilines is 1. The van der Waals surface area contributed by atoms with Crippen molar-refractivity contribution in [1.82, 2.24) is 14.9 Å². The molecule has 0 bridgehead atoms. The normalized spacial score (nSPS) is 13.1. The average Bonchev–Trinajstić information content (AvgIpc) is 2.95. The van der Waals surface area contributed by atoms with Crippen molar-refractivity contribution >= 4 is 28.5 Å². The van der Waals surface area contributed by atoms with E-state index in [1.54, 1.807) is 18.2 Å². The molecule has 2 aromatic carbocycles. The van der Waals surface area contributed by atoms with E-state index in [0.29, 0.717) is 23.5 Å². The van der Waals surface area contributed by atoms with Crippen LogP contribution < -0.4 is 15.4 Å². The number of fused-ring (bicyclic) bond motifs is 2. The molecule has 0 aliphatic carbocycles. The summed E-state index contributed by atoms with van der Waals surface area (Å²) in [6, 6.07) is 12.8. The van der Waals surface area contributed by atoms with Crippen LogP contribution in [0.4, 0.5) is 5.69 Å². The van der Waals surface area contributed by atoms with Gasteiger partial charge < -0.3 is 19.9 Å². The Bertz CT molecular complexity index is 993. The van der Waals surface area contributed by atoms with Gasteiger partial charge in [0.15, 0.2) is 6.61 Å². The first-order valence-corrected chi connectivity index (χ1v) is 7.87. The number of imidazole rings is 1. The number of amides is 2. The first kappa shape index (κ1) is 15.2. The summed E-state index contributed by atoms with van der Waals surface area (Å²) >= 11 is 0. The molecule has 0 fully saturated rings. The van der Waals surface area contributed by atoms with Crippen molar-refractivity contribution in [3.05, 3.63) is 53.9 Å². The van der Waals surface area contributed by atoms with E-state index in [-0.39, 0.29) is 18.4 Å². The highest BCUT2D eigenvalue weighted by atomic mass is 16.5. The maximum Gasteiger partial charge on any atom is 0.262 e. The minimum atomic E-state index is -0.241. The zero-order valence-electron chi connectivity index (χ0n) is 13.6. The fraction of sp³-hybridized carbons (Fsp3) is 0.167. The second kappa shape index (κ2) is 5.94. The Morgan fingerprint density at radius 1 is 1.32 bits per heavy atom. The van der Waals surface area contributed by atoms with Gasteiger partial charge in [-0.3, -0.25) is 9.59 Å². The molecule has 126 valence electrons. The largest absolute Gasteiger partial charge is 0.482 e. The van der Waals surface area contributed by atoms with E-state index < -0.39 is 0 Å². The van der Waals surface area contributed by atoms with Gasteiger partial charge in [0.1, 0.15) is 11.6 Å². The molecule has 4 rings (SSSR count). The molecule has 0 unspecified atom stereocenters. The van der Waals surface area contributed by atoms with Gasteiger partial charge in [0, 0.05) is 12.6 Å². The van der Waals surface area contributed by atoms with Crippen LogP contribution in [-0.2, 0) is 18.4 Å². The zero-order chi connectivity index (χ0) is 17.4. The number of carbonyl (C=O) groups excluding carboxylic acids is 2. The summed E-state index contributed by atoms with van der Waals surface area (Å²) in [4.78, 5) is 28.3. The summed E-state index contributed by atoms with van der Waals surface area (Å²) < 4.78 is 7.25. The molecule has 7 heteroatoms. The van der Waals surface area contributed by atoms with Crippen LogP contribution in [0.1, 0.15) is 16.2 Å². The number of aryl methyl sites for hydroxylation is 1. The number of carbonyl (C=O) groups is 2. The molecule has 3 aromatic rings. The molecular formula is C18H16N4O3. The molecule has 7 nitrogen and oxygen atoms in total. The van der Waals surface area contributed by atoms with Crippen molar-refractivity contribution < 1.29 is 14.3 Å². The third-order valence-electron chi connectivity index (χ3n) is 4.16. The van der Waals surface area contributed by atoms with E-state index in [0.717, 1.165) is 16.9 Å². The van der Waals surface area contributed by atoms with Gasteiger partial charge >= 0.3 is 0 Å². The Morgan fingerprint density at radius 2 is 2.16 bits per heavy atom. The molecule has 0 radical (unpaired) electrons. The minimum absolute atomic E-state index is 0.00867. The molecule has 1 aliphatic heterocycles. The van der Waals surface area contributed by atoms with Crippen LogP contribution in [0, 0.1) is 0 Å². The summed E-state index contributed by atoms with van der Waals surface area (Å²) in [5.41, 5.74) is 2.86.